The van der Waals surface area contributed by atoms with Gasteiger partial charge in [0, 0.05) is 11.8 Å². The first-order valence-corrected chi connectivity index (χ1v) is 6.29. The summed E-state index contributed by atoms with van der Waals surface area (Å²) in [6.45, 7) is 4.01. The topological polar surface area (TPSA) is 93.9 Å². The summed E-state index contributed by atoms with van der Waals surface area (Å²) in [5.41, 5.74) is 7.81. The molecule has 1 aliphatic rings. The van der Waals surface area contributed by atoms with Crippen LogP contribution in [0.3, 0.4) is 0 Å². The molecule has 0 aromatic carbocycles. The van der Waals surface area contributed by atoms with Crippen molar-refractivity contribution in [3.05, 3.63) is 11.4 Å². The van der Waals surface area contributed by atoms with Gasteiger partial charge < -0.3 is 10.5 Å². The summed E-state index contributed by atoms with van der Waals surface area (Å²) in [5, 5.41) is 12.9. The van der Waals surface area contributed by atoms with Gasteiger partial charge in [-0.3, -0.25) is 9.48 Å². The minimum Gasteiger partial charge on any atom is -0.464 e. The van der Waals surface area contributed by atoms with E-state index in [9.17, 15) is 4.79 Å². The van der Waals surface area contributed by atoms with Crippen molar-refractivity contribution in [1.29, 1.82) is 5.26 Å². The normalized spacial score (nSPS) is 15.8. The fourth-order valence-corrected chi connectivity index (χ4v) is 1.98. The number of aryl methyl sites for hydroxylation is 1. The summed E-state index contributed by atoms with van der Waals surface area (Å²) >= 11 is 0. The number of hydrogen-bond donors (Lipinski definition) is 1. The lowest BCUT2D eigenvalue weighted by Crippen LogP contribution is -2.20. The molecule has 2 N–H and O–H groups in total. The average Bonchev–Trinajstić information content (AvgIpc) is 3.09. The summed E-state index contributed by atoms with van der Waals surface area (Å²) in [6.07, 6.45) is 2.37. The van der Waals surface area contributed by atoms with Gasteiger partial charge in [-0.1, -0.05) is 0 Å². The van der Waals surface area contributed by atoms with Crippen molar-refractivity contribution in [2.24, 2.45) is 5.41 Å². The highest BCUT2D eigenvalue weighted by Gasteiger charge is 2.43. The molecule has 0 spiro atoms. The quantitative estimate of drug-likeness (QED) is 0.807. The van der Waals surface area contributed by atoms with Crippen LogP contribution in [-0.2, 0) is 16.1 Å². The number of rotatable bonds is 5. The number of carbonyl (C=O) groups is 1. The van der Waals surface area contributed by atoms with Gasteiger partial charge in [0.1, 0.15) is 6.54 Å². The number of nitriles is 1. The second-order valence-corrected chi connectivity index (χ2v) is 5.24. The minimum atomic E-state index is -0.338. The van der Waals surface area contributed by atoms with Gasteiger partial charge in [0.25, 0.3) is 0 Å². The third-order valence-corrected chi connectivity index (χ3v) is 3.67. The van der Waals surface area contributed by atoms with Gasteiger partial charge >= 0.3 is 5.97 Å². The minimum absolute atomic E-state index is 0.0620. The smallest absolute Gasteiger partial charge is 0.327 e. The second kappa shape index (κ2) is 4.92. The Morgan fingerprint density at radius 1 is 1.58 bits per heavy atom. The number of carbonyl (C=O) groups excluding carboxylic acids is 1. The average molecular weight is 262 g/mol. The third-order valence-electron chi connectivity index (χ3n) is 3.67. The zero-order valence-electron chi connectivity index (χ0n) is 11.3. The van der Waals surface area contributed by atoms with Crippen LogP contribution < -0.4 is 5.73 Å². The maximum atomic E-state index is 11.8. The summed E-state index contributed by atoms with van der Waals surface area (Å²) in [6, 6.07) is 2.14. The Bertz CT molecular complexity index is 538. The molecule has 1 aliphatic carbocycles. The Morgan fingerprint density at radius 3 is 2.74 bits per heavy atom. The van der Waals surface area contributed by atoms with E-state index in [1.807, 2.05) is 6.92 Å². The number of esters is 1. The molecule has 0 radical (unpaired) electrons. The van der Waals surface area contributed by atoms with Gasteiger partial charge in [0.2, 0.25) is 0 Å². The van der Waals surface area contributed by atoms with Crippen LogP contribution in [0.5, 0.6) is 0 Å². The highest BCUT2D eigenvalue weighted by atomic mass is 16.5. The molecule has 1 aromatic heterocycles. The van der Waals surface area contributed by atoms with Crippen molar-refractivity contribution >= 4 is 11.7 Å². The van der Waals surface area contributed by atoms with E-state index >= 15 is 0 Å². The third kappa shape index (κ3) is 2.87. The maximum Gasteiger partial charge on any atom is 0.327 e. The van der Waals surface area contributed by atoms with E-state index in [0.717, 1.165) is 18.5 Å². The largest absolute Gasteiger partial charge is 0.464 e. The van der Waals surface area contributed by atoms with Gasteiger partial charge in [-0.2, -0.15) is 10.4 Å². The van der Waals surface area contributed by atoms with E-state index in [2.05, 4.69) is 11.2 Å². The molecular formula is C13H18N4O2. The van der Waals surface area contributed by atoms with Gasteiger partial charge in [0.05, 0.1) is 29.8 Å². The van der Waals surface area contributed by atoms with Crippen LogP contribution in [0.15, 0.2) is 0 Å². The number of nitrogens with zero attached hydrogens (tertiary/aromatic N) is 3. The molecule has 2 rings (SSSR count). The molecule has 102 valence electrons. The van der Waals surface area contributed by atoms with E-state index in [1.54, 1.807) is 11.6 Å². The van der Waals surface area contributed by atoms with Crippen molar-refractivity contribution in [2.45, 2.75) is 39.7 Å². The van der Waals surface area contributed by atoms with E-state index in [0.29, 0.717) is 24.4 Å². The number of anilines is 1. The Kier molecular flexibility index (Phi) is 3.47. The summed E-state index contributed by atoms with van der Waals surface area (Å²) < 4.78 is 6.79. The molecule has 0 unspecified atom stereocenters. The Hall–Kier alpha value is -2.03. The molecule has 1 heterocycles. The van der Waals surface area contributed by atoms with Crippen LogP contribution in [-0.4, -0.2) is 22.4 Å². The lowest BCUT2D eigenvalue weighted by atomic mass is 10.1. The number of hydrogen-bond acceptors (Lipinski definition) is 5. The van der Waals surface area contributed by atoms with Gasteiger partial charge in [-0.05, 0) is 26.7 Å². The summed E-state index contributed by atoms with van der Waals surface area (Å²) in [4.78, 5) is 11.8. The van der Waals surface area contributed by atoms with Crippen molar-refractivity contribution in [3.8, 4) is 6.07 Å². The molecular weight excluding hydrogens is 244 g/mol. The van der Waals surface area contributed by atoms with Crippen molar-refractivity contribution < 1.29 is 9.53 Å². The fraction of sp³-hybridized carbons (Fsp3) is 0.615. The van der Waals surface area contributed by atoms with E-state index in [-0.39, 0.29) is 17.9 Å². The van der Waals surface area contributed by atoms with Crippen molar-refractivity contribution in [2.75, 3.05) is 12.3 Å². The highest BCUT2D eigenvalue weighted by molar-refractivity contribution is 5.69. The standard InChI is InChI=1S/C13H18N4O2/c1-9-12(15)10(2)17(16-9)7-11(18)19-8-13(3-4-13)5-6-14/h3-5,7-8,15H2,1-2H3. The first kappa shape index (κ1) is 13.4. The Balaban J connectivity index is 1.88. The first-order chi connectivity index (χ1) is 8.97. The fourth-order valence-electron chi connectivity index (χ4n) is 1.98. The van der Waals surface area contributed by atoms with Crippen LogP contribution in [0.25, 0.3) is 0 Å². The maximum absolute atomic E-state index is 11.8. The molecule has 6 heteroatoms. The molecule has 1 aromatic rings. The molecule has 1 fully saturated rings. The molecule has 6 nitrogen and oxygen atoms in total. The number of ether oxygens (including phenoxy) is 1. The van der Waals surface area contributed by atoms with Crippen LogP contribution in [0.4, 0.5) is 5.69 Å². The van der Waals surface area contributed by atoms with Crippen LogP contribution in [0, 0.1) is 30.6 Å². The van der Waals surface area contributed by atoms with Gasteiger partial charge in [0.15, 0.2) is 0 Å². The summed E-state index contributed by atoms with van der Waals surface area (Å²) in [7, 11) is 0. The van der Waals surface area contributed by atoms with Gasteiger partial charge in [-0.15, -0.1) is 0 Å². The SMILES string of the molecule is Cc1nn(CC(=O)OCC2(CC#N)CC2)c(C)c1N. The Morgan fingerprint density at radius 2 is 2.26 bits per heavy atom. The molecule has 1 saturated carbocycles. The predicted molar refractivity (Wildman–Crippen MR) is 69.0 cm³/mol. The zero-order valence-corrected chi connectivity index (χ0v) is 11.3. The molecule has 0 aliphatic heterocycles. The van der Waals surface area contributed by atoms with Gasteiger partial charge in [-0.25, -0.2) is 0 Å². The molecule has 0 bridgehead atoms. The Labute approximate surface area is 112 Å². The molecule has 0 atom stereocenters. The molecule has 19 heavy (non-hydrogen) atoms. The number of nitrogens with two attached hydrogens (primary N) is 1. The van der Waals surface area contributed by atoms with Crippen LogP contribution >= 0.6 is 0 Å². The number of aromatic nitrogens is 2. The zero-order chi connectivity index (χ0) is 14.0. The van der Waals surface area contributed by atoms with E-state index in [1.165, 1.54) is 0 Å². The van der Waals surface area contributed by atoms with Crippen LogP contribution in [0.2, 0.25) is 0 Å². The van der Waals surface area contributed by atoms with E-state index < -0.39 is 0 Å². The van der Waals surface area contributed by atoms with E-state index in [4.69, 9.17) is 15.7 Å². The lowest BCUT2D eigenvalue weighted by molar-refractivity contribution is -0.146. The van der Waals surface area contributed by atoms with Crippen LogP contribution in [0.1, 0.15) is 30.7 Å². The second-order valence-electron chi connectivity index (χ2n) is 5.24. The lowest BCUT2D eigenvalue weighted by Gasteiger charge is -2.12. The molecule has 0 amide bonds. The predicted octanol–water partition coefficient (Wildman–Crippen LogP) is 1.32. The van der Waals surface area contributed by atoms with Crippen molar-refractivity contribution in [1.82, 2.24) is 9.78 Å². The monoisotopic (exact) mass is 262 g/mol. The first-order valence-electron chi connectivity index (χ1n) is 6.29. The highest BCUT2D eigenvalue weighted by Crippen LogP contribution is 2.48. The number of nitrogen functional groups attached to an aromatic ring is 1. The molecule has 0 saturated heterocycles. The summed E-state index contributed by atoms with van der Waals surface area (Å²) in [5.74, 6) is -0.338. The van der Waals surface area contributed by atoms with Crippen molar-refractivity contribution in [3.63, 3.8) is 0 Å².